The van der Waals surface area contributed by atoms with Crippen LogP contribution in [-0.2, 0) is 0 Å². The molecular weight excluding hydrogens is 198 g/mol. The van der Waals surface area contributed by atoms with Crippen LogP contribution in [0.5, 0.6) is 0 Å². The molecule has 0 aliphatic heterocycles. The first-order valence-corrected chi connectivity index (χ1v) is 4.59. The number of carboxylic acid groups (broad SMARTS) is 1. The van der Waals surface area contributed by atoms with Gasteiger partial charge in [-0.3, -0.25) is 10.1 Å². The van der Waals surface area contributed by atoms with Gasteiger partial charge in [0, 0.05) is 11.6 Å². The first kappa shape index (κ1) is 9.64. The lowest BCUT2D eigenvalue weighted by Gasteiger charge is -2.05. The van der Waals surface area contributed by atoms with Crippen LogP contribution >= 0.6 is 0 Å². The molecule has 2 rings (SSSR count). The SMILES string of the molecule is O=C([O-])c1ccc([N+](=O)[O-])c(C2CC2)c1. The molecule has 0 saturated heterocycles. The summed E-state index contributed by atoms with van der Waals surface area (Å²) in [6, 6.07) is 3.79. The summed E-state index contributed by atoms with van der Waals surface area (Å²) in [5.74, 6) is -1.16. The third kappa shape index (κ3) is 1.81. The van der Waals surface area contributed by atoms with Gasteiger partial charge in [0.2, 0.25) is 0 Å². The highest BCUT2D eigenvalue weighted by Crippen LogP contribution is 2.44. The topological polar surface area (TPSA) is 83.3 Å². The van der Waals surface area contributed by atoms with Crippen molar-refractivity contribution in [1.29, 1.82) is 0 Å². The summed E-state index contributed by atoms with van der Waals surface area (Å²) in [5, 5.41) is 21.3. The predicted molar refractivity (Wildman–Crippen MR) is 49.4 cm³/mol. The first-order valence-electron chi connectivity index (χ1n) is 4.59. The zero-order chi connectivity index (χ0) is 11.0. The molecule has 1 fully saturated rings. The van der Waals surface area contributed by atoms with Crippen molar-refractivity contribution in [2.24, 2.45) is 0 Å². The van der Waals surface area contributed by atoms with Crippen LogP contribution in [0.3, 0.4) is 0 Å². The van der Waals surface area contributed by atoms with E-state index in [9.17, 15) is 20.0 Å². The number of nitro benzene ring substituents is 1. The molecule has 0 bridgehead atoms. The van der Waals surface area contributed by atoms with Crippen molar-refractivity contribution in [2.75, 3.05) is 0 Å². The van der Waals surface area contributed by atoms with Crippen molar-refractivity contribution in [3.8, 4) is 0 Å². The van der Waals surface area contributed by atoms with Gasteiger partial charge in [-0.1, -0.05) is 0 Å². The molecule has 5 heteroatoms. The third-order valence-electron chi connectivity index (χ3n) is 2.48. The van der Waals surface area contributed by atoms with E-state index in [1.54, 1.807) is 0 Å². The van der Waals surface area contributed by atoms with E-state index in [1.165, 1.54) is 18.2 Å². The average molecular weight is 206 g/mol. The van der Waals surface area contributed by atoms with Gasteiger partial charge in [0.1, 0.15) is 0 Å². The molecule has 0 heterocycles. The van der Waals surface area contributed by atoms with Crippen LogP contribution in [-0.4, -0.2) is 10.9 Å². The molecule has 5 nitrogen and oxygen atoms in total. The maximum Gasteiger partial charge on any atom is 0.272 e. The number of hydrogen-bond donors (Lipinski definition) is 0. The molecule has 1 aliphatic rings. The van der Waals surface area contributed by atoms with Gasteiger partial charge in [0.25, 0.3) is 5.69 Å². The Hall–Kier alpha value is -1.91. The smallest absolute Gasteiger partial charge is 0.272 e. The molecule has 0 aromatic heterocycles. The monoisotopic (exact) mass is 206 g/mol. The number of rotatable bonds is 3. The Morgan fingerprint density at radius 3 is 2.53 bits per heavy atom. The summed E-state index contributed by atoms with van der Waals surface area (Å²) in [6.45, 7) is 0. The number of benzene rings is 1. The molecule has 0 radical (unpaired) electrons. The van der Waals surface area contributed by atoms with Gasteiger partial charge in [0.15, 0.2) is 0 Å². The lowest BCUT2D eigenvalue weighted by Crippen LogP contribution is -2.22. The second-order valence-electron chi connectivity index (χ2n) is 3.59. The molecule has 1 aliphatic carbocycles. The minimum Gasteiger partial charge on any atom is -0.545 e. The Morgan fingerprint density at radius 2 is 2.07 bits per heavy atom. The number of carbonyl (C=O) groups excluding carboxylic acids is 1. The van der Waals surface area contributed by atoms with Crippen molar-refractivity contribution in [1.82, 2.24) is 0 Å². The Balaban J connectivity index is 2.48. The van der Waals surface area contributed by atoms with E-state index < -0.39 is 10.9 Å². The summed E-state index contributed by atoms with van der Waals surface area (Å²) < 4.78 is 0. The van der Waals surface area contributed by atoms with E-state index in [1.807, 2.05) is 0 Å². The van der Waals surface area contributed by atoms with Gasteiger partial charge < -0.3 is 9.90 Å². The molecule has 0 atom stereocenters. The summed E-state index contributed by atoms with van der Waals surface area (Å²) in [6.07, 6.45) is 1.77. The summed E-state index contributed by atoms with van der Waals surface area (Å²) in [7, 11) is 0. The summed E-state index contributed by atoms with van der Waals surface area (Å²) in [4.78, 5) is 20.8. The van der Waals surface area contributed by atoms with Crippen LogP contribution in [0.1, 0.15) is 34.7 Å². The second kappa shape index (κ2) is 3.34. The van der Waals surface area contributed by atoms with Gasteiger partial charge in [-0.05, 0) is 36.5 Å². The second-order valence-corrected chi connectivity index (χ2v) is 3.59. The van der Waals surface area contributed by atoms with Gasteiger partial charge >= 0.3 is 0 Å². The van der Waals surface area contributed by atoms with E-state index in [2.05, 4.69) is 0 Å². The molecule has 0 N–H and O–H groups in total. The third-order valence-corrected chi connectivity index (χ3v) is 2.48. The molecule has 0 amide bonds. The van der Waals surface area contributed by atoms with Gasteiger partial charge in [-0.25, -0.2) is 0 Å². The molecule has 0 unspecified atom stereocenters. The van der Waals surface area contributed by atoms with E-state index in [4.69, 9.17) is 0 Å². The highest BCUT2D eigenvalue weighted by molar-refractivity contribution is 5.86. The molecule has 1 aromatic rings. The van der Waals surface area contributed by atoms with Crippen LogP contribution in [0.15, 0.2) is 18.2 Å². The normalized spacial score (nSPS) is 14.9. The van der Waals surface area contributed by atoms with E-state index in [0.29, 0.717) is 5.56 Å². The van der Waals surface area contributed by atoms with Crippen LogP contribution in [0, 0.1) is 10.1 Å². The average Bonchev–Trinajstić information content (AvgIpc) is 2.99. The minimum absolute atomic E-state index is 0.00231. The van der Waals surface area contributed by atoms with Crippen molar-refractivity contribution in [2.45, 2.75) is 18.8 Å². The van der Waals surface area contributed by atoms with Crippen molar-refractivity contribution in [3.05, 3.63) is 39.4 Å². The van der Waals surface area contributed by atoms with Crippen molar-refractivity contribution < 1.29 is 14.8 Å². The summed E-state index contributed by atoms with van der Waals surface area (Å²) in [5.41, 5.74) is 0.520. The van der Waals surface area contributed by atoms with E-state index in [0.717, 1.165) is 12.8 Å². The number of nitrogens with zero attached hydrogens (tertiary/aromatic N) is 1. The maximum absolute atomic E-state index is 10.7. The van der Waals surface area contributed by atoms with Gasteiger partial charge in [-0.15, -0.1) is 0 Å². The molecular formula is C10H8NO4-. The molecule has 78 valence electrons. The number of hydrogen-bond acceptors (Lipinski definition) is 4. The Kier molecular flexibility index (Phi) is 2.15. The Morgan fingerprint density at radius 1 is 1.40 bits per heavy atom. The first-order chi connectivity index (χ1) is 7.09. The fraction of sp³-hybridized carbons (Fsp3) is 0.300. The Labute approximate surface area is 85.5 Å². The van der Waals surface area contributed by atoms with Crippen molar-refractivity contribution >= 4 is 11.7 Å². The number of nitro groups is 1. The lowest BCUT2D eigenvalue weighted by molar-refractivity contribution is -0.385. The van der Waals surface area contributed by atoms with E-state index in [-0.39, 0.29) is 17.2 Å². The fourth-order valence-corrected chi connectivity index (χ4v) is 1.57. The quantitative estimate of drug-likeness (QED) is 0.541. The molecule has 0 spiro atoms. The van der Waals surface area contributed by atoms with Gasteiger partial charge in [0.05, 0.1) is 10.9 Å². The highest BCUT2D eigenvalue weighted by atomic mass is 16.6. The summed E-state index contributed by atoms with van der Waals surface area (Å²) >= 11 is 0. The van der Waals surface area contributed by atoms with Crippen molar-refractivity contribution in [3.63, 3.8) is 0 Å². The molecule has 1 aromatic carbocycles. The number of aromatic carboxylic acids is 1. The van der Waals surface area contributed by atoms with Crippen LogP contribution in [0.2, 0.25) is 0 Å². The van der Waals surface area contributed by atoms with Crippen LogP contribution < -0.4 is 5.11 Å². The predicted octanol–water partition coefficient (Wildman–Crippen LogP) is 0.836. The van der Waals surface area contributed by atoms with Crippen LogP contribution in [0.4, 0.5) is 5.69 Å². The maximum atomic E-state index is 10.7. The molecule has 1 saturated carbocycles. The minimum atomic E-state index is -1.30. The molecule has 15 heavy (non-hydrogen) atoms. The van der Waals surface area contributed by atoms with E-state index >= 15 is 0 Å². The van der Waals surface area contributed by atoms with Gasteiger partial charge in [-0.2, -0.15) is 0 Å². The Bertz CT molecular complexity index is 437. The largest absolute Gasteiger partial charge is 0.545 e. The fourth-order valence-electron chi connectivity index (χ4n) is 1.57. The number of carboxylic acids is 1. The number of carbonyl (C=O) groups is 1. The zero-order valence-corrected chi connectivity index (χ0v) is 7.80. The lowest BCUT2D eigenvalue weighted by atomic mass is 10.0. The standard InChI is InChI=1S/C10H9NO4/c12-10(13)7-3-4-9(11(14)15)8(5-7)6-1-2-6/h3-6H,1-2H2,(H,12,13)/p-1. The zero-order valence-electron chi connectivity index (χ0n) is 7.80. The highest BCUT2D eigenvalue weighted by Gasteiger charge is 2.30. The van der Waals surface area contributed by atoms with Crippen LogP contribution in [0.25, 0.3) is 0 Å².